The van der Waals surface area contributed by atoms with Gasteiger partial charge in [-0.05, 0) is 13.0 Å². The van der Waals surface area contributed by atoms with E-state index < -0.39 is 6.09 Å². The number of hydrogen-bond acceptors (Lipinski definition) is 2. The predicted molar refractivity (Wildman–Crippen MR) is 50.3 cm³/mol. The highest BCUT2D eigenvalue weighted by molar-refractivity contribution is 5.67. The summed E-state index contributed by atoms with van der Waals surface area (Å²) in [4.78, 5) is 10.9. The van der Waals surface area contributed by atoms with Crippen molar-refractivity contribution in [2.75, 3.05) is 6.61 Å². The molecule has 1 amide bonds. The predicted octanol–water partition coefficient (Wildman–Crippen LogP) is 2.07. The molecule has 1 N–H and O–H groups in total. The van der Waals surface area contributed by atoms with Crippen LogP contribution in [-0.4, -0.2) is 12.7 Å². The molecule has 0 aliphatic rings. The molecule has 0 aromatic heterocycles. The molecule has 0 saturated heterocycles. The van der Waals surface area contributed by atoms with Crippen molar-refractivity contribution < 1.29 is 13.9 Å². The maximum atomic E-state index is 13.0. The van der Waals surface area contributed by atoms with Gasteiger partial charge in [0.25, 0.3) is 0 Å². The second-order valence-electron chi connectivity index (χ2n) is 2.67. The average Bonchev–Trinajstić information content (AvgIpc) is 2.17. The third-order valence-electron chi connectivity index (χ3n) is 1.66. The first-order valence-electron chi connectivity index (χ1n) is 4.38. The zero-order valence-electron chi connectivity index (χ0n) is 7.92. The number of alkyl carbamates (subject to hydrolysis) is 1. The number of nitrogens with one attached hydrogen (secondary N) is 1. The number of amides is 1. The molecule has 0 saturated carbocycles. The Morgan fingerprint density at radius 3 is 2.86 bits per heavy atom. The molecule has 0 aliphatic carbocycles. The second kappa shape index (κ2) is 5.21. The lowest BCUT2D eigenvalue weighted by Gasteiger charge is -2.05. The number of ether oxygens (including phenoxy) is 1. The van der Waals surface area contributed by atoms with E-state index in [0.29, 0.717) is 12.2 Å². The number of halogens is 1. The van der Waals surface area contributed by atoms with Gasteiger partial charge in [-0.15, -0.1) is 0 Å². The first-order chi connectivity index (χ1) is 6.74. The molecule has 0 unspecified atom stereocenters. The maximum absolute atomic E-state index is 13.0. The van der Waals surface area contributed by atoms with Crippen LogP contribution in [0.1, 0.15) is 12.5 Å². The third-order valence-corrected chi connectivity index (χ3v) is 1.66. The minimum absolute atomic E-state index is 0.144. The number of benzene rings is 1. The van der Waals surface area contributed by atoms with Crippen LogP contribution in [0.5, 0.6) is 0 Å². The average molecular weight is 197 g/mol. The SMILES string of the molecule is CCOC(=O)NCc1ccccc1F. The Kier molecular flexibility index (Phi) is 3.91. The van der Waals surface area contributed by atoms with Crippen LogP contribution in [0.3, 0.4) is 0 Å². The van der Waals surface area contributed by atoms with Gasteiger partial charge < -0.3 is 10.1 Å². The van der Waals surface area contributed by atoms with Crippen molar-refractivity contribution in [3.63, 3.8) is 0 Å². The summed E-state index contributed by atoms with van der Waals surface area (Å²) in [6.07, 6.45) is -0.532. The third kappa shape index (κ3) is 3.05. The van der Waals surface area contributed by atoms with Crippen molar-refractivity contribution in [3.05, 3.63) is 35.6 Å². The van der Waals surface area contributed by atoms with E-state index in [-0.39, 0.29) is 12.4 Å². The van der Waals surface area contributed by atoms with Crippen molar-refractivity contribution in [2.24, 2.45) is 0 Å². The Hall–Kier alpha value is -1.58. The lowest BCUT2D eigenvalue weighted by Crippen LogP contribution is -2.24. The van der Waals surface area contributed by atoms with Gasteiger partial charge in [0.15, 0.2) is 0 Å². The Morgan fingerprint density at radius 2 is 2.21 bits per heavy atom. The molecule has 0 spiro atoms. The highest BCUT2D eigenvalue weighted by atomic mass is 19.1. The van der Waals surface area contributed by atoms with Gasteiger partial charge in [0.2, 0.25) is 0 Å². The minimum atomic E-state index is -0.532. The first kappa shape index (κ1) is 10.5. The lowest BCUT2D eigenvalue weighted by atomic mass is 10.2. The summed E-state index contributed by atoms with van der Waals surface area (Å²) in [6.45, 7) is 2.16. The topological polar surface area (TPSA) is 38.3 Å². The van der Waals surface area contributed by atoms with E-state index in [4.69, 9.17) is 0 Å². The summed E-state index contributed by atoms with van der Waals surface area (Å²) in [6, 6.07) is 6.28. The molecule has 0 radical (unpaired) electrons. The van der Waals surface area contributed by atoms with Gasteiger partial charge in [-0.1, -0.05) is 18.2 Å². The van der Waals surface area contributed by atoms with E-state index in [9.17, 15) is 9.18 Å². The number of rotatable bonds is 3. The molecule has 0 heterocycles. The van der Waals surface area contributed by atoms with Crippen molar-refractivity contribution in [1.29, 1.82) is 0 Å². The van der Waals surface area contributed by atoms with Crippen molar-refractivity contribution in [1.82, 2.24) is 5.32 Å². The summed E-state index contributed by atoms with van der Waals surface area (Å²) in [7, 11) is 0. The molecule has 1 rings (SSSR count). The lowest BCUT2D eigenvalue weighted by molar-refractivity contribution is 0.151. The summed E-state index contributed by atoms with van der Waals surface area (Å²) >= 11 is 0. The van der Waals surface area contributed by atoms with E-state index in [1.807, 2.05) is 0 Å². The Balaban J connectivity index is 2.46. The summed E-state index contributed by atoms with van der Waals surface area (Å²) in [5.41, 5.74) is 0.445. The van der Waals surface area contributed by atoms with Crippen molar-refractivity contribution >= 4 is 6.09 Å². The van der Waals surface area contributed by atoms with Gasteiger partial charge in [0.05, 0.1) is 6.61 Å². The molecule has 4 heteroatoms. The number of hydrogen-bond donors (Lipinski definition) is 1. The van der Waals surface area contributed by atoms with E-state index in [1.54, 1.807) is 25.1 Å². The van der Waals surface area contributed by atoms with E-state index in [1.165, 1.54) is 6.07 Å². The van der Waals surface area contributed by atoms with E-state index in [2.05, 4.69) is 10.1 Å². The molecule has 14 heavy (non-hydrogen) atoms. The zero-order valence-corrected chi connectivity index (χ0v) is 7.92. The molecular weight excluding hydrogens is 185 g/mol. The highest BCUT2D eigenvalue weighted by Crippen LogP contribution is 2.05. The summed E-state index contributed by atoms with van der Waals surface area (Å²) in [5, 5.41) is 2.44. The van der Waals surface area contributed by atoms with Crippen LogP contribution in [0.15, 0.2) is 24.3 Å². The Bertz CT molecular complexity index is 315. The molecule has 0 atom stereocenters. The summed E-state index contributed by atoms with van der Waals surface area (Å²) in [5.74, 6) is -0.329. The highest BCUT2D eigenvalue weighted by Gasteiger charge is 2.03. The van der Waals surface area contributed by atoms with Crippen molar-refractivity contribution in [2.45, 2.75) is 13.5 Å². The fourth-order valence-corrected chi connectivity index (χ4v) is 0.991. The van der Waals surface area contributed by atoms with E-state index in [0.717, 1.165) is 0 Å². The van der Waals surface area contributed by atoms with Gasteiger partial charge in [-0.2, -0.15) is 0 Å². The van der Waals surface area contributed by atoms with Gasteiger partial charge in [-0.3, -0.25) is 0 Å². The molecule has 0 aliphatic heterocycles. The van der Waals surface area contributed by atoms with Gasteiger partial charge in [0.1, 0.15) is 5.82 Å². The molecule has 76 valence electrons. The smallest absolute Gasteiger partial charge is 0.407 e. The van der Waals surface area contributed by atoms with Crippen LogP contribution < -0.4 is 5.32 Å². The monoisotopic (exact) mass is 197 g/mol. The standard InChI is InChI=1S/C10H12FNO2/c1-2-14-10(13)12-7-8-5-3-4-6-9(8)11/h3-6H,2,7H2,1H3,(H,12,13). The van der Waals surface area contributed by atoms with E-state index >= 15 is 0 Å². The first-order valence-corrected chi connectivity index (χ1v) is 4.38. The van der Waals surface area contributed by atoms with Crippen LogP contribution in [-0.2, 0) is 11.3 Å². The molecular formula is C10H12FNO2. The normalized spacial score (nSPS) is 9.57. The maximum Gasteiger partial charge on any atom is 0.407 e. The molecule has 0 bridgehead atoms. The largest absolute Gasteiger partial charge is 0.450 e. The van der Waals surface area contributed by atoms with Gasteiger partial charge >= 0.3 is 6.09 Å². The van der Waals surface area contributed by atoms with Crippen LogP contribution in [0.25, 0.3) is 0 Å². The summed E-state index contributed by atoms with van der Waals surface area (Å²) < 4.78 is 17.7. The van der Waals surface area contributed by atoms with Crippen LogP contribution in [0, 0.1) is 5.82 Å². The molecule has 0 fully saturated rings. The van der Waals surface area contributed by atoms with Gasteiger partial charge in [-0.25, -0.2) is 9.18 Å². The van der Waals surface area contributed by atoms with Gasteiger partial charge in [0, 0.05) is 12.1 Å². The molecule has 1 aromatic rings. The van der Waals surface area contributed by atoms with Crippen LogP contribution >= 0.6 is 0 Å². The molecule has 1 aromatic carbocycles. The minimum Gasteiger partial charge on any atom is -0.450 e. The quantitative estimate of drug-likeness (QED) is 0.805. The fraction of sp³-hybridized carbons (Fsp3) is 0.300. The van der Waals surface area contributed by atoms with Crippen molar-refractivity contribution in [3.8, 4) is 0 Å². The van der Waals surface area contributed by atoms with Crippen LogP contribution in [0.4, 0.5) is 9.18 Å². The number of carbonyl (C=O) groups excluding carboxylic acids is 1. The molecule has 3 nitrogen and oxygen atoms in total. The number of carbonyl (C=O) groups is 1. The zero-order chi connectivity index (χ0) is 10.4. The Morgan fingerprint density at radius 1 is 1.50 bits per heavy atom. The van der Waals surface area contributed by atoms with Crippen LogP contribution in [0.2, 0.25) is 0 Å². The second-order valence-corrected chi connectivity index (χ2v) is 2.67. The fourth-order valence-electron chi connectivity index (χ4n) is 0.991. The Labute approximate surface area is 81.9 Å².